The van der Waals surface area contributed by atoms with Gasteiger partial charge in [0, 0.05) is 68.0 Å². The lowest BCUT2D eigenvalue weighted by Crippen LogP contribution is -2.47. The van der Waals surface area contributed by atoms with E-state index in [0.29, 0.717) is 17.8 Å². The highest BCUT2D eigenvalue weighted by Gasteiger charge is 2.31. The molecule has 240 valence electrons. The van der Waals surface area contributed by atoms with Crippen molar-refractivity contribution in [3.05, 3.63) is 112 Å². The first kappa shape index (κ1) is 31.2. The van der Waals surface area contributed by atoms with Crippen molar-refractivity contribution in [2.75, 3.05) is 68.5 Å². The quantitative estimate of drug-likeness (QED) is 0.348. The van der Waals surface area contributed by atoms with Gasteiger partial charge in [0.2, 0.25) is 0 Å². The molecule has 3 aliphatic rings. The molecule has 0 atom stereocenters. The van der Waals surface area contributed by atoms with E-state index in [-0.39, 0.29) is 11.5 Å². The van der Waals surface area contributed by atoms with Crippen molar-refractivity contribution in [2.24, 2.45) is 0 Å². The molecule has 3 aromatic carbocycles. The van der Waals surface area contributed by atoms with Crippen LogP contribution in [-0.2, 0) is 6.18 Å². The van der Waals surface area contributed by atoms with E-state index in [1.807, 2.05) is 59.4 Å². The SMILES string of the molecule is Cc1ccc(NC(=O)c2cccc(C(F)(F)F)c2)cc1N1CCC2=C(C=CN(Nc3ccc(C(=O)N4CCN(C)CC4)cc3)C2)C1. The van der Waals surface area contributed by atoms with Crippen molar-refractivity contribution < 1.29 is 22.8 Å². The van der Waals surface area contributed by atoms with Crippen LogP contribution in [0.4, 0.5) is 30.2 Å². The fraction of sp³-hybridized carbons (Fsp3) is 0.314. The maximum Gasteiger partial charge on any atom is 0.416 e. The average molecular weight is 631 g/mol. The molecule has 0 spiro atoms. The minimum absolute atomic E-state index is 0.0506. The number of likely N-dealkylation sites (N-methyl/N-ethyl adjacent to an activating group) is 1. The van der Waals surface area contributed by atoms with Gasteiger partial charge in [-0.1, -0.05) is 12.1 Å². The van der Waals surface area contributed by atoms with E-state index in [1.165, 1.54) is 23.3 Å². The second-order valence-corrected chi connectivity index (χ2v) is 12.1. The van der Waals surface area contributed by atoms with Crippen LogP contribution in [-0.4, -0.2) is 79.5 Å². The van der Waals surface area contributed by atoms with Gasteiger partial charge in [0.05, 0.1) is 17.8 Å². The van der Waals surface area contributed by atoms with Crippen LogP contribution in [0.15, 0.2) is 90.2 Å². The third-order valence-electron chi connectivity index (χ3n) is 8.77. The van der Waals surface area contributed by atoms with Gasteiger partial charge in [-0.3, -0.25) is 20.0 Å². The second-order valence-electron chi connectivity index (χ2n) is 12.1. The van der Waals surface area contributed by atoms with Crippen molar-refractivity contribution in [3.8, 4) is 0 Å². The van der Waals surface area contributed by atoms with Gasteiger partial charge in [-0.05, 0) is 97.8 Å². The average Bonchev–Trinajstić information content (AvgIpc) is 3.05. The number of hydrazine groups is 1. The molecule has 8 nitrogen and oxygen atoms in total. The summed E-state index contributed by atoms with van der Waals surface area (Å²) >= 11 is 0. The molecular weight excluding hydrogens is 593 g/mol. The number of carbonyl (C=O) groups excluding carboxylic acids is 2. The monoisotopic (exact) mass is 630 g/mol. The number of rotatable bonds is 6. The van der Waals surface area contributed by atoms with E-state index in [9.17, 15) is 22.8 Å². The molecule has 2 N–H and O–H groups in total. The van der Waals surface area contributed by atoms with Gasteiger partial charge in [-0.15, -0.1) is 0 Å². The van der Waals surface area contributed by atoms with E-state index in [2.05, 4.69) is 33.7 Å². The van der Waals surface area contributed by atoms with Gasteiger partial charge in [0.15, 0.2) is 0 Å². The Balaban J connectivity index is 1.06. The zero-order chi connectivity index (χ0) is 32.4. The summed E-state index contributed by atoms with van der Waals surface area (Å²) in [6.07, 6.45) is 0.464. The number of amides is 2. The smallest absolute Gasteiger partial charge is 0.367 e. The van der Waals surface area contributed by atoms with Crippen LogP contribution in [0.25, 0.3) is 0 Å². The molecule has 1 saturated heterocycles. The number of carbonyl (C=O) groups is 2. The van der Waals surface area contributed by atoms with Crippen LogP contribution in [0, 0.1) is 6.92 Å². The number of halogens is 3. The molecule has 11 heteroatoms. The van der Waals surface area contributed by atoms with Crippen molar-refractivity contribution in [1.29, 1.82) is 0 Å². The number of piperazine rings is 1. The molecule has 2 amide bonds. The number of anilines is 3. The molecule has 3 aliphatic heterocycles. The molecule has 3 heterocycles. The summed E-state index contributed by atoms with van der Waals surface area (Å²) in [4.78, 5) is 32.1. The lowest BCUT2D eigenvalue weighted by atomic mass is 9.96. The van der Waals surface area contributed by atoms with Crippen LogP contribution < -0.4 is 15.6 Å². The predicted molar refractivity (Wildman–Crippen MR) is 174 cm³/mol. The molecule has 0 saturated carbocycles. The number of benzene rings is 3. The van der Waals surface area contributed by atoms with Crippen LogP contribution >= 0.6 is 0 Å². The first-order valence-electron chi connectivity index (χ1n) is 15.4. The minimum atomic E-state index is -4.52. The van der Waals surface area contributed by atoms with Gasteiger partial charge in [-0.25, -0.2) is 0 Å². The number of nitrogens with one attached hydrogen (secondary N) is 2. The molecule has 3 aromatic rings. The third kappa shape index (κ3) is 7.04. The van der Waals surface area contributed by atoms with Gasteiger partial charge in [0.1, 0.15) is 0 Å². The Hall–Kier alpha value is -4.77. The Kier molecular flexibility index (Phi) is 8.77. The third-order valence-corrected chi connectivity index (χ3v) is 8.77. The van der Waals surface area contributed by atoms with E-state index in [1.54, 1.807) is 6.07 Å². The molecule has 1 fully saturated rings. The van der Waals surface area contributed by atoms with Crippen LogP contribution in [0.2, 0.25) is 0 Å². The summed E-state index contributed by atoms with van der Waals surface area (Å²) in [5, 5.41) is 4.80. The van der Waals surface area contributed by atoms with Gasteiger partial charge in [-0.2, -0.15) is 13.2 Å². The molecule has 0 bridgehead atoms. The van der Waals surface area contributed by atoms with Crippen LogP contribution in [0.1, 0.15) is 38.3 Å². The molecule has 0 radical (unpaired) electrons. The van der Waals surface area contributed by atoms with E-state index in [4.69, 9.17) is 0 Å². The highest BCUT2D eigenvalue weighted by molar-refractivity contribution is 6.04. The number of nitrogens with zero attached hydrogens (tertiary/aromatic N) is 4. The zero-order valence-corrected chi connectivity index (χ0v) is 25.9. The molecule has 6 rings (SSSR count). The van der Waals surface area contributed by atoms with Crippen LogP contribution in [0.3, 0.4) is 0 Å². The largest absolute Gasteiger partial charge is 0.416 e. The van der Waals surface area contributed by atoms with Gasteiger partial charge in [0.25, 0.3) is 11.8 Å². The maximum atomic E-state index is 13.1. The summed E-state index contributed by atoms with van der Waals surface area (Å²) in [6, 6.07) is 17.6. The summed E-state index contributed by atoms with van der Waals surface area (Å²) in [7, 11) is 2.07. The topological polar surface area (TPSA) is 71.2 Å². The summed E-state index contributed by atoms with van der Waals surface area (Å²) in [6.45, 7) is 7.49. The maximum absolute atomic E-state index is 13.1. The summed E-state index contributed by atoms with van der Waals surface area (Å²) < 4.78 is 39.4. The number of hydrogen-bond acceptors (Lipinski definition) is 6. The molecule has 0 unspecified atom stereocenters. The van der Waals surface area contributed by atoms with E-state index < -0.39 is 17.6 Å². The molecular formula is C35H37F3N6O2. The van der Waals surface area contributed by atoms with Gasteiger partial charge < -0.3 is 20.0 Å². The van der Waals surface area contributed by atoms with Crippen molar-refractivity contribution in [3.63, 3.8) is 0 Å². The zero-order valence-electron chi connectivity index (χ0n) is 25.9. The summed E-state index contributed by atoms with van der Waals surface area (Å²) in [5.74, 6) is -0.526. The standard InChI is InChI=1S/C35H37F3N6O2/c1-24-6-9-31(39-33(45)26-4-3-5-29(20-26)35(36,37)38)21-32(24)43-14-12-28-23-44(15-13-27(28)22-43)40-30-10-7-25(8-11-30)34(46)42-18-16-41(2)17-19-42/h3-11,13,15,20-21,40H,12,14,16-19,22-23H2,1-2H3,(H,39,45). The Morgan fingerprint density at radius 2 is 1.57 bits per heavy atom. The van der Waals surface area contributed by atoms with Crippen molar-refractivity contribution in [1.82, 2.24) is 14.8 Å². The van der Waals surface area contributed by atoms with Crippen molar-refractivity contribution in [2.45, 2.75) is 19.5 Å². The number of aryl methyl sites for hydroxylation is 1. The number of alkyl halides is 3. The molecule has 46 heavy (non-hydrogen) atoms. The van der Waals surface area contributed by atoms with E-state index >= 15 is 0 Å². The normalized spacial score (nSPS) is 17.2. The molecule has 0 aliphatic carbocycles. The second kappa shape index (κ2) is 12.9. The molecule has 0 aromatic heterocycles. The highest BCUT2D eigenvalue weighted by Crippen LogP contribution is 2.32. The first-order chi connectivity index (χ1) is 22.0. The first-order valence-corrected chi connectivity index (χ1v) is 15.4. The van der Waals surface area contributed by atoms with Crippen LogP contribution in [0.5, 0.6) is 0 Å². The van der Waals surface area contributed by atoms with Crippen molar-refractivity contribution >= 4 is 28.9 Å². The lowest BCUT2D eigenvalue weighted by molar-refractivity contribution is -0.137. The fourth-order valence-corrected chi connectivity index (χ4v) is 6.01. The Bertz CT molecular complexity index is 1680. The number of hydrogen-bond donors (Lipinski definition) is 2. The predicted octanol–water partition coefficient (Wildman–Crippen LogP) is 6.02. The van der Waals surface area contributed by atoms with Gasteiger partial charge >= 0.3 is 6.18 Å². The lowest BCUT2D eigenvalue weighted by Gasteiger charge is -2.37. The Labute approximate surface area is 266 Å². The Morgan fingerprint density at radius 3 is 2.30 bits per heavy atom. The van der Waals surface area contributed by atoms with E-state index in [0.717, 1.165) is 74.8 Å². The highest BCUT2D eigenvalue weighted by atomic mass is 19.4. The Morgan fingerprint density at radius 1 is 0.826 bits per heavy atom. The fourth-order valence-electron chi connectivity index (χ4n) is 6.01. The minimum Gasteiger partial charge on any atom is -0.367 e. The summed E-state index contributed by atoms with van der Waals surface area (Å²) in [5.41, 5.74) is 9.21.